The van der Waals surface area contributed by atoms with Gasteiger partial charge in [0.15, 0.2) is 0 Å². The fourth-order valence-electron chi connectivity index (χ4n) is 3.03. The van der Waals surface area contributed by atoms with Gasteiger partial charge in [-0.05, 0) is 81.5 Å². The van der Waals surface area contributed by atoms with E-state index in [9.17, 15) is 4.79 Å². The van der Waals surface area contributed by atoms with Crippen molar-refractivity contribution in [1.82, 2.24) is 10.3 Å². The summed E-state index contributed by atoms with van der Waals surface area (Å²) in [5, 5.41) is 3.41. The molecule has 6 heteroatoms. The van der Waals surface area contributed by atoms with E-state index in [0.717, 1.165) is 48.9 Å². The van der Waals surface area contributed by atoms with E-state index >= 15 is 0 Å². The number of aromatic nitrogens is 1. The van der Waals surface area contributed by atoms with Gasteiger partial charge in [0, 0.05) is 11.8 Å². The van der Waals surface area contributed by atoms with E-state index in [2.05, 4.69) is 26.2 Å². The van der Waals surface area contributed by atoms with Crippen molar-refractivity contribution in [2.45, 2.75) is 57.7 Å². The van der Waals surface area contributed by atoms with Crippen molar-refractivity contribution in [1.29, 1.82) is 0 Å². The quantitative estimate of drug-likeness (QED) is 0.620. The molecular formula is C18H27BrN2O3. The van der Waals surface area contributed by atoms with Gasteiger partial charge in [-0.2, -0.15) is 0 Å². The Bertz CT molecular complexity index is 549. The molecule has 2 rings (SSSR count). The third-order valence-electron chi connectivity index (χ3n) is 4.00. The molecule has 0 amide bonds. The maximum Gasteiger partial charge on any atom is 0.332 e. The van der Waals surface area contributed by atoms with E-state index < -0.39 is 11.2 Å². The summed E-state index contributed by atoms with van der Waals surface area (Å²) in [7, 11) is 0. The van der Waals surface area contributed by atoms with Crippen molar-refractivity contribution in [2.24, 2.45) is 0 Å². The Morgan fingerprint density at radius 2 is 2.00 bits per heavy atom. The smallest absolute Gasteiger partial charge is 0.332 e. The van der Waals surface area contributed by atoms with Crippen LogP contribution in [0.4, 0.5) is 0 Å². The SMILES string of the molecule is CC(C)(C)OC(=O)COC1(c2cccnc2Br)CCCNCCC1. The number of hydrogen-bond acceptors (Lipinski definition) is 5. The van der Waals surface area contributed by atoms with Crippen LogP contribution in [0, 0.1) is 0 Å². The zero-order chi connectivity index (χ0) is 17.6. The van der Waals surface area contributed by atoms with Crippen LogP contribution in [0.1, 0.15) is 52.0 Å². The third kappa shape index (κ3) is 5.53. The van der Waals surface area contributed by atoms with Crippen LogP contribution >= 0.6 is 15.9 Å². The summed E-state index contributed by atoms with van der Waals surface area (Å²) in [5.41, 5.74) is -0.00476. The molecule has 0 radical (unpaired) electrons. The number of carbonyl (C=O) groups is 1. The zero-order valence-corrected chi connectivity index (χ0v) is 16.3. The predicted octanol–water partition coefficient (Wildman–Crippen LogP) is 3.56. The number of pyridine rings is 1. The summed E-state index contributed by atoms with van der Waals surface area (Å²) in [6.45, 7) is 7.44. The lowest BCUT2D eigenvalue weighted by atomic mass is 9.84. The first-order valence-electron chi connectivity index (χ1n) is 8.50. The van der Waals surface area contributed by atoms with Gasteiger partial charge in [-0.1, -0.05) is 6.07 Å². The van der Waals surface area contributed by atoms with Gasteiger partial charge in [0.25, 0.3) is 0 Å². The maximum atomic E-state index is 12.1. The van der Waals surface area contributed by atoms with Crippen LogP contribution in [0.15, 0.2) is 22.9 Å². The van der Waals surface area contributed by atoms with Crippen LogP contribution in [0.25, 0.3) is 0 Å². The largest absolute Gasteiger partial charge is 0.458 e. The molecule has 1 saturated heterocycles. The predicted molar refractivity (Wildman–Crippen MR) is 96.7 cm³/mol. The number of rotatable bonds is 4. The molecular weight excluding hydrogens is 372 g/mol. The Kier molecular flexibility index (Phi) is 6.78. The molecule has 0 saturated carbocycles. The molecule has 1 fully saturated rings. The summed E-state index contributed by atoms with van der Waals surface area (Å²) in [5.74, 6) is -0.331. The monoisotopic (exact) mass is 398 g/mol. The molecule has 5 nitrogen and oxygen atoms in total. The Hall–Kier alpha value is -0.980. The molecule has 0 aromatic carbocycles. The first-order valence-corrected chi connectivity index (χ1v) is 9.29. The third-order valence-corrected chi connectivity index (χ3v) is 4.64. The van der Waals surface area contributed by atoms with Crippen LogP contribution < -0.4 is 5.32 Å². The molecule has 2 heterocycles. The first-order chi connectivity index (χ1) is 11.3. The molecule has 24 heavy (non-hydrogen) atoms. The summed E-state index contributed by atoms with van der Waals surface area (Å²) >= 11 is 3.55. The highest BCUT2D eigenvalue weighted by Crippen LogP contribution is 2.39. The highest BCUT2D eigenvalue weighted by atomic mass is 79.9. The lowest BCUT2D eigenvalue weighted by Gasteiger charge is -2.36. The minimum absolute atomic E-state index is 0.0496. The topological polar surface area (TPSA) is 60.5 Å². The lowest BCUT2D eigenvalue weighted by molar-refractivity contribution is -0.169. The number of hydrogen-bond donors (Lipinski definition) is 1. The van der Waals surface area contributed by atoms with Gasteiger partial charge in [-0.3, -0.25) is 0 Å². The average molecular weight is 399 g/mol. The minimum Gasteiger partial charge on any atom is -0.458 e. The van der Waals surface area contributed by atoms with Gasteiger partial charge < -0.3 is 14.8 Å². The number of esters is 1. The Balaban J connectivity index is 2.19. The molecule has 0 aliphatic carbocycles. The van der Waals surface area contributed by atoms with Gasteiger partial charge in [-0.15, -0.1) is 0 Å². The van der Waals surface area contributed by atoms with E-state index in [0.29, 0.717) is 0 Å². The Morgan fingerprint density at radius 3 is 2.58 bits per heavy atom. The molecule has 1 aliphatic heterocycles. The molecule has 1 N–H and O–H groups in total. The summed E-state index contributed by atoms with van der Waals surface area (Å²) < 4.78 is 12.4. The van der Waals surface area contributed by atoms with E-state index in [-0.39, 0.29) is 12.6 Å². The summed E-state index contributed by atoms with van der Waals surface area (Å²) in [6, 6.07) is 3.94. The van der Waals surface area contributed by atoms with Crippen molar-refractivity contribution in [2.75, 3.05) is 19.7 Å². The highest BCUT2D eigenvalue weighted by Gasteiger charge is 2.36. The standard InChI is InChI=1S/C18H27BrN2O3/c1-17(2,3)24-15(22)13-23-18(8-5-10-20-11-6-9-18)14-7-4-12-21-16(14)19/h4,7,12,20H,5-6,8-11,13H2,1-3H3. The van der Waals surface area contributed by atoms with Gasteiger partial charge in [-0.25, -0.2) is 9.78 Å². The van der Waals surface area contributed by atoms with Crippen molar-refractivity contribution in [3.05, 3.63) is 28.5 Å². The van der Waals surface area contributed by atoms with Crippen LogP contribution in [-0.2, 0) is 19.9 Å². The molecule has 1 aliphatic rings. The Labute approximate surface area is 152 Å². The van der Waals surface area contributed by atoms with Crippen molar-refractivity contribution < 1.29 is 14.3 Å². The lowest BCUT2D eigenvalue weighted by Crippen LogP contribution is -2.38. The molecule has 0 atom stereocenters. The van der Waals surface area contributed by atoms with Crippen LogP contribution in [-0.4, -0.2) is 36.3 Å². The first kappa shape index (κ1) is 19.3. The van der Waals surface area contributed by atoms with Crippen LogP contribution in [0.3, 0.4) is 0 Å². The number of ether oxygens (including phenoxy) is 2. The summed E-state index contributed by atoms with van der Waals surface area (Å²) in [4.78, 5) is 16.5. The maximum absolute atomic E-state index is 12.1. The average Bonchev–Trinajstić information content (AvgIpc) is 2.46. The van der Waals surface area contributed by atoms with Gasteiger partial charge in [0.1, 0.15) is 16.8 Å². The number of nitrogens with zero attached hydrogens (tertiary/aromatic N) is 1. The van der Waals surface area contributed by atoms with E-state index in [1.165, 1.54) is 0 Å². The minimum atomic E-state index is -0.508. The molecule has 1 aromatic heterocycles. The normalized spacial score (nSPS) is 18.5. The van der Waals surface area contributed by atoms with E-state index in [1.807, 2.05) is 32.9 Å². The number of carbonyl (C=O) groups excluding carboxylic acids is 1. The van der Waals surface area contributed by atoms with E-state index in [1.54, 1.807) is 6.20 Å². The van der Waals surface area contributed by atoms with Gasteiger partial charge in [0.2, 0.25) is 0 Å². The van der Waals surface area contributed by atoms with Gasteiger partial charge in [0.05, 0.1) is 5.60 Å². The fourth-order valence-corrected chi connectivity index (χ4v) is 3.64. The summed E-state index contributed by atoms with van der Waals surface area (Å²) in [6.07, 6.45) is 5.39. The molecule has 0 unspecified atom stereocenters. The highest BCUT2D eigenvalue weighted by molar-refractivity contribution is 9.10. The van der Waals surface area contributed by atoms with Crippen LogP contribution in [0.2, 0.25) is 0 Å². The second-order valence-electron chi connectivity index (χ2n) is 7.17. The molecule has 1 aromatic rings. The zero-order valence-electron chi connectivity index (χ0n) is 14.7. The fraction of sp³-hybridized carbons (Fsp3) is 0.667. The van der Waals surface area contributed by atoms with Crippen molar-refractivity contribution in [3.8, 4) is 0 Å². The van der Waals surface area contributed by atoms with Crippen LogP contribution in [0.5, 0.6) is 0 Å². The van der Waals surface area contributed by atoms with Crippen molar-refractivity contribution >= 4 is 21.9 Å². The number of nitrogens with one attached hydrogen (secondary N) is 1. The molecule has 0 bridgehead atoms. The van der Waals surface area contributed by atoms with E-state index in [4.69, 9.17) is 9.47 Å². The number of halogens is 1. The molecule has 134 valence electrons. The second kappa shape index (κ2) is 8.41. The van der Waals surface area contributed by atoms with Gasteiger partial charge >= 0.3 is 5.97 Å². The Morgan fingerprint density at radius 1 is 1.33 bits per heavy atom. The second-order valence-corrected chi connectivity index (χ2v) is 7.92. The van der Waals surface area contributed by atoms with Crippen molar-refractivity contribution in [3.63, 3.8) is 0 Å². The molecule has 0 spiro atoms.